The van der Waals surface area contributed by atoms with Gasteiger partial charge in [-0.2, -0.15) is 0 Å². The van der Waals surface area contributed by atoms with Gasteiger partial charge < -0.3 is 20.3 Å². The van der Waals surface area contributed by atoms with Gasteiger partial charge in [0.05, 0.1) is 13.2 Å². The van der Waals surface area contributed by atoms with E-state index in [0.717, 1.165) is 0 Å². The first-order valence-electron chi connectivity index (χ1n) is 6.39. The highest BCUT2D eigenvalue weighted by atomic mass is 16.5. The van der Waals surface area contributed by atoms with E-state index in [0.29, 0.717) is 32.7 Å². The Labute approximate surface area is 124 Å². The first-order chi connectivity index (χ1) is 10.2. The third kappa shape index (κ3) is 10.1. The van der Waals surface area contributed by atoms with Gasteiger partial charge in [-0.05, 0) is 6.20 Å². The maximum atomic E-state index is 11.5. The maximum Gasteiger partial charge on any atom is 0.248 e. The normalized spacial score (nSPS) is 13.6. The number of rotatable bonds is 6. The summed E-state index contributed by atoms with van der Waals surface area (Å²) < 4.78 is 5.13. The Morgan fingerprint density at radius 2 is 1.90 bits per heavy atom. The van der Waals surface area contributed by atoms with Crippen molar-refractivity contribution in [3.8, 4) is 0 Å². The van der Waals surface area contributed by atoms with Crippen molar-refractivity contribution < 1.29 is 19.1 Å². The lowest BCUT2D eigenvalue weighted by atomic mass is 10.4. The van der Waals surface area contributed by atoms with Crippen LogP contribution in [0.4, 0.5) is 0 Å². The van der Waals surface area contributed by atoms with Crippen molar-refractivity contribution in [2.45, 2.75) is 6.42 Å². The average molecular weight is 295 g/mol. The summed E-state index contributed by atoms with van der Waals surface area (Å²) in [6.07, 6.45) is 6.35. The Kier molecular flexibility index (Phi) is 11.2. The molecule has 1 heterocycles. The zero-order chi connectivity index (χ0) is 15.9. The van der Waals surface area contributed by atoms with Crippen molar-refractivity contribution in [1.82, 2.24) is 15.5 Å². The lowest BCUT2D eigenvalue weighted by molar-refractivity contribution is -0.130. The van der Waals surface area contributed by atoms with Crippen molar-refractivity contribution in [2.24, 2.45) is 0 Å². The molecule has 21 heavy (non-hydrogen) atoms. The summed E-state index contributed by atoms with van der Waals surface area (Å²) in [6, 6.07) is 0. The van der Waals surface area contributed by atoms with E-state index in [1.54, 1.807) is 4.90 Å². The second kappa shape index (κ2) is 12.6. The van der Waals surface area contributed by atoms with Crippen LogP contribution in [0, 0.1) is 0 Å². The zero-order valence-corrected chi connectivity index (χ0v) is 11.9. The van der Waals surface area contributed by atoms with Crippen LogP contribution in [-0.4, -0.2) is 49.4 Å². The molecule has 0 aliphatic carbocycles. The van der Waals surface area contributed by atoms with Crippen LogP contribution in [0.1, 0.15) is 6.42 Å². The topological polar surface area (TPSA) is 87.7 Å². The van der Waals surface area contributed by atoms with Gasteiger partial charge in [0.1, 0.15) is 0 Å². The maximum absolute atomic E-state index is 11.5. The SMILES string of the molecule is C=CCC(=O)NC=CC(=O)N1CCOCC1.C=CNC=O. The van der Waals surface area contributed by atoms with Gasteiger partial charge in [-0.25, -0.2) is 0 Å². The Hall–Kier alpha value is -2.41. The third-order valence-corrected chi connectivity index (χ3v) is 2.31. The Morgan fingerprint density at radius 3 is 2.38 bits per heavy atom. The van der Waals surface area contributed by atoms with Gasteiger partial charge in [-0.1, -0.05) is 12.7 Å². The first-order valence-corrected chi connectivity index (χ1v) is 6.39. The van der Waals surface area contributed by atoms with Crippen LogP contribution in [0.25, 0.3) is 0 Å². The van der Waals surface area contributed by atoms with Crippen LogP contribution in [-0.2, 0) is 19.1 Å². The minimum Gasteiger partial charge on any atom is -0.378 e. The molecule has 3 amide bonds. The summed E-state index contributed by atoms with van der Waals surface area (Å²) >= 11 is 0. The van der Waals surface area contributed by atoms with Gasteiger partial charge in [0, 0.05) is 31.8 Å². The monoisotopic (exact) mass is 295 g/mol. The van der Waals surface area contributed by atoms with E-state index >= 15 is 0 Å². The molecule has 0 unspecified atom stereocenters. The van der Waals surface area contributed by atoms with Crippen LogP contribution in [0.15, 0.2) is 37.7 Å². The highest BCUT2D eigenvalue weighted by Crippen LogP contribution is 1.97. The average Bonchev–Trinajstić information content (AvgIpc) is 2.50. The summed E-state index contributed by atoms with van der Waals surface area (Å²) in [5.74, 6) is -0.289. The molecule has 1 aliphatic rings. The Morgan fingerprint density at radius 1 is 1.24 bits per heavy atom. The molecule has 0 spiro atoms. The molecule has 1 fully saturated rings. The van der Waals surface area contributed by atoms with E-state index in [2.05, 4.69) is 23.8 Å². The van der Waals surface area contributed by atoms with Crippen LogP contribution >= 0.6 is 0 Å². The first kappa shape index (κ1) is 18.6. The smallest absolute Gasteiger partial charge is 0.248 e. The fourth-order valence-electron chi connectivity index (χ4n) is 1.33. The fraction of sp³-hybridized carbons (Fsp3) is 0.357. The summed E-state index contributed by atoms with van der Waals surface area (Å²) in [6.45, 7) is 9.00. The van der Waals surface area contributed by atoms with Crippen LogP contribution in [0.5, 0.6) is 0 Å². The molecule has 2 N–H and O–H groups in total. The predicted molar refractivity (Wildman–Crippen MR) is 78.9 cm³/mol. The van der Waals surface area contributed by atoms with Gasteiger partial charge in [0.25, 0.3) is 0 Å². The van der Waals surface area contributed by atoms with E-state index in [4.69, 9.17) is 4.74 Å². The Balaban J connectivity index is 0.000000690. The van der Waals surface area contributed by atoms with Crippen LogP contribution in [0.2, 0.25) is 0 Å². The predicted octanol–water partition coefficient (Wildman–Crippen LogP) is -0.0729. The largest absolute Gasteiger partial charge is 0.378 e. The van der Waals surface area contributed by atoms with Gasteiger partial charge in [0.2, 0.25) is 18.2 Å². The van der Waals surface area contributed by atoms with Crippen LogP contribution in [0.3, 0.4) is 0 Å². The highest BCUT2D eigenvalue weighted by molar-refractivity contribution is 5.88. The van der Waals surface area contributed by atoms with Crippen molar-refractivity contribution in [3.05, 3.63) is 37.7 Å². The number of nitrogens with zero attached hydrogens (tertiary/aromatic N) is 1. The molecule has 0 aromatic heterocycles. The van der Waals surface area contributed by atoms with Gasteiger partial charge >= 0.3 is 0 Å². The number of hydrogen-bond acceptors (Lipinski definition) is 4. The molecule has 116 valence electrons. The molecule has 7 heteroatoms. The number of hydrogen-bond donors (Lipinski definition) is 2. The third-order valence-electron chi connectivity index (χ3n) is 2.31. The minimum absolute atomic E-state index is 0.109. The minimum atomic E-state index is -0.180. The number of nitrogens with one attached hydrogen (secondary N) is 2. The highest BCUT2D eigenvalue weighted by Gasteiger charge is 2.13. The second-order valence-corrected chi connectivity index (χ2v) is 3.82. The summed E-state index contributed by atoms with van der Waals surface area (Å²) in [7, 11) is 0. The number of morpholine rings is 1. The molecule has 1 saturated heterocycles. The van der Waals surface area contributed by atoms with Crippen molar-refractivity contribution >= 4 is 18.2 Å². The lowest BCUT2D eigenvalue weighted by Gasteiger charge is -2.25. The number of amides is 3. The number of carbonyl (C=O) groups excluding carboxylic acids is 3. The zero-order valence-electron chi connectivity index (χ0n) is 11.9. The second-order valence-electron chi connectivity index (χ2n) is 3.82. The van der Waals surface area contributed by atoms with E-state index in [9.17, 15) is 14.4 Å². The summed E-state index contributed by atoms with van der Waals surface area (Å²) in [5.41, 5.74) is 0. The standard InChI is InChI=1S/C11H16N2O3.C3H5NO/c1-2-3-10(14)12-5-4-11(15)13-6-8-16-9-7-13;1-2-4-3-5/h2,4-5H,1,3,6-9H2,(H,12,14);2-3H,1H2,(H,4,5). The van der Waals surface area contributed by atoms with Gasteiger partial charge in [-0.3, -0.25) is 14.4 Å². The molecule has 0 radical (unpaired) electrons. The Bertz CT molecular complexity index is 382. The molecular formula is C14H21N3O4. The molecule has 1 aliphatic heterocycles. The van der Waals surface area contributed by atoms with Gasteiger partial charge in [0.15, 0.2) is 0 Å². The number of carbonyl (C=O) groups is 3. The van der Waals surface area contributed by atoms with E-state index in [1.807, 2.05) is 0 Å². The summed E-state index contributed by atoms with van der Waals surface area (Å²) in [5, 5.41) is 4.68. The quantitative estimate of drug-likeness (QED) is 0.408. The fourth-order valence-corrected chi connectivity index (χ4v) is 1.33. The molecular weight excluding hydrogens is 274 g/mol. The van der Waals surface area contributed by atoms with Crippen LogP contribution < -0.4 is 10.6 Å². The van der Waals surface area contributed by atoms with E-state index in [-0.39, 0.29) is 18.2 Å². The molecule has 0 atom stereocenters. The van der Waals surface area contributed by atoms with E-state index in [1.165, 1.54) is 24.6 Å². The molecule has 7 nitrogen and oxygen atoms in total. The summed E-state index contributed by atoms with van der Waals surface area (Å²) in [4.78, 5) is 33.5. The van der Waals surface area contributed by atoms with E-state index < -0.39 is 0 Å². The molecule has 0 aromatic rings. The van der Waals surface area contributed by atoms with Crippen molar-refractivity contribution in [3.63, 3.8) is 0 Å². The molecule has 0 saturated carbocycles. The number of ether oxygens (including phenoxy) is 1. The molecule has 0 bridgehead atoms. The molecule has 1 rings (SSSR count). The molecule has 0 aromatic carbocycles. The van der Waals surface area contributed by atoms with Crippen molar-refractivity contribution in [2.75, 3.05) is 26.3 Å². The van der Waals surface area contributed by atoms with Gasteiger partial charge in [-0.15, -0.1) is 6.58 Å². The van der Waals surface area contributed by atoms with Crippen molar-refractivity contribution in [1.29, 1.82) is 0 Å². The lowest BCUT2D eigenvalue weighted by Crippen LogP contribution is -2.40.